The Labute approximate surface area is 204 Å². The normalized spacial score (nSPS) is 13.1. The average Bonchev–Trinajstić information content (AvgIpc) is 2.74. The summed E-state index contributed by atoms with van der Waals surface area (Å²) in [5, 5.41) is 2.93. The molecular formula is C26H37N3O4S. The highest BCUT2D eigenvalue weighted by Gasteiger charge is 2.30. The molecule has 0 fully saturated rings. The van der Waals surface area contributed by atoms with Crippen molar-refractivity contribution in [2.75, 3.05) is 17.1 Å². The van der Waals surface area contributed by atoms with E-state index in [1.54, 1.807) is 13.0 Å². The molecule has 0 aliphatic heterocycles. The second-order valence-electron chi connectivity index (χ2n) is 9.06. The van der Waals surface area contributed by atoms with Gasteiger partial charge in [-0.1, -0.05) is 54.4 Å². The molecule has 0 saturated heterocycles. The highest BCUT2D eigenvalue weighted by Crippen LogP contribution is 2.24. The molecule has 7 nitrogen and oxygen atoms in total. The van der Waals surface area contributed by atoms with Crippen LogP contribution in [0.25, 0.3) is 0 Å². The zero-order valence-corrected chi connectivity index (χ0v) is 22.1. The van der Waals surface area contributed by atoms with Crippen LogP contribution in [0.3, 0.4) is 0 Å². The van der Waals surface area contributed by atoms with Gasteiger partial charge in [-0.05, 0) is 58.2 Å². The maximum Gasteiger partial charge on any atom is 0.244 e. The van der Waals surface area contributed by atoms with Crippen molar-refractivity contribution < 1.29 is 18.0 Å². The molecule has 0 aliphatic carbocycles. The molecule has 0 heterocycles. The van der Waals surface area contributed by atoms with E-state index in [9.17, 15) is 18.0 Å². The molecule has 0 aliphatic rings. The molecule has 2 aromatic rings. The number of amides is 2. The maximum atomic E-state index is 13.6. The third-order valence-electron chi connectivity index (χ3n) is 5.90. The zero-order chi connectivity index (χ0) is 25.6. The van der Waals surface area contributed by atoms with E-state index in [4.69, 9.17) is 0 Å². The van der Waals surface area contributed by atoms with Crippen molar-refractivity contribution >= 4 is 27.5 Å². The van der Waals surface area contributed by atoms with Crippen molar-refractivity contribution in [3.05, 3.63) is 64.7 Å². The van der Waals surface area contributed by atoms with Gasteiger partial charge in [-0.15, -0.1) is 0 Å². The van der Waals surface area contributed by atoms with Gasteiger partial charge in [0.1, 0.15) is 12.6 Å². The van der Waals surface area contributed by atoms with Crippen LogP contribution in [0, 0.1) is 20.8 Å². The number of anilines is 1. The molecule has 0 radical (unpaired) electrons. The van der Waals surface area contributed by atoms with E-state index in [2.05, 4.69) is 5.32 Å². The van der Waals surface area contributed by atoms with E-state index in [0.29, 0.717) is 5.69 Å². The van der Waals surface area contributed by atoms with Crippen LogP contribution in [0.5, 0.6) is 0 Å². The van der Waals surface area contributed by atoms with Crippen molar-refractivity contribution in [2.45, 2.75) is 66.6 Å². The number of nitrogens with zero attached hydrogens (tertiary/aromatic N) is 2. The molecule has 0 bridgehead atoms. The van der Waals surface area contributed by atoms with Crippen LogP contribution in [0.4, 0.5) is 5.69 Å². The summed E-state index contributed by atoms with van der Waals surface area (Å²) in [6, 6.07) is 12.3. The Balaban J connectivity index is 2.42. The van der Waals surface area contributed by atoms with Crippen LogP contribution in [0.1, 0.15) is 49.4 Å². The third kappa shape index (κ3) is 7.32. The van der Waals surface area contributed by atoms with Crippen LogP contribution >= 0.6 is 0 Å². The van der Waals surface area contributed by atoms with Gasteiger partial charge in [-0.2, -0.15) is 0 Å². The van der Waals surface area contributed by atoms with E-state index in [0.717, 1.165) is 39.2 Å². The number of aryl methyl sites for hydroxylation is 3. The minimum Gasteiger partial charge on any atom is -0.352 e. The van der Waals surface area contributed by atoms with Crippen LogP contribution in [0.15, 0.2) is 42.5 Å². The average molecular weight is 488 g/mol. The minimum atomic E-state index is -3.75. The molecule has 8 heteroatoms. The number of benzene rings is 2. The summed E-state index contributed by atoms with van der Waals surface area (Å²) in [5.74, 6) is -0.716. The summed E-state index contributed by atoms with van der Waals surface area (Å²) >= 11 is 0. The van der Waals surface area contributed by atoms with E-state index < -0.39 is 28.5 Å². The molecule has 2 rings (SSSR count). The first-order valence-corrected chi connectivity index (χ1v) is 13.4. The number of carbonyl (C=O) groups excluding carboxylic acids is 2. The molecule has 2 aromatic carbocycles. The summed E-state index contributed by atoms with van der Waals surface area (Å²) in [5.41, 5.74) is 4.11. The van der Waals surface area contributed by atoms with Gasteiger partial charge in [0.15, 0.2) is 0 Å². The molecule has 34 heavy (non-hydrogen) atoms. The molecule has 0 aromatic heterocycles. The van der Waals surface area contributed by atoms with Crippen molar-refractivity contribution in [2.24, 2.45) is 0 Å². The highest BCUT2D eigenvalue weighted by atomic mass is 32.2. The Morgan fingerprint density at radius 3 is 2.21 bits per heavy atom. The van der Waals surface area contributed by atoms with E-state index in [-0.39, 0.29) is 18.5 Å². The summed E-state index contributed by atoms with van der Waals surface area (Å²) in [6.45, 7) is 11.1. The maximum absolute atomic E-state index is 13.6. The standard InChI is InChI=1S/C26H37N3O4S/c1-8-21(5)27-26(31)22(6)28(16-23-11-9-10-18(2)15-23)25(30)17-29(34(7,32)33)24-13-12-19(3)14-20(24)4/h9-15,21-22H,8,16-17H2,1-7H3,(H,27,31)/t21-,22-/m0/s1. The van der Waals surface area contributed by atoms with Gasteiger partial charge < -0.3 is 10.2 Å². The highest BCUT2D eigenvalue weighted by molar-refractivity contribution is 7.92. The van der Waals surface area contributed by atoms with Crippen LogP contribution < -0.4 is 9.62 Å². The van der Waals surface area contributed by atoms with Crippen molar-refractivity contribution in [1.29, 1.82) is 0 Å². The topological polar surface area (TPSA) is 86.8 Å². The number of hydrogen-bond donors (Lipinski definition) is 1. The van der Waals surface area contributed by atoms with Gasteiger partial charge in [0.05, 0.1) is 11.9 Å². The predicted molar refractivity (Wildman–Crippen MR) is 137 cm³/mol. The first-order valence-electron chi connectivity index (χ1n) is 11.5. The van der Waals surface area contributed by atoms with Gasteiger partial charge in [0, 0.05) is 12.6 Å². The summed E-state index contributed by atoms with van der Waals surface area (Å²) in [6.07, 6.45) is 1.85. The van der Waals surface area contributed by atoms with Crippen molar-refractivity contribution in [3.63, 3.8) is 0 Å². The van der Waals surface area contributed by atoms with Crippen molar-refractivity contribution in [1.82, 2.24) is 10.2 Å². The third-order valence-corrected chi connectivity index (χ3v) is 7.03. The van der Waals surface area contributed by atoms with E-state index in [1.807, 2.05) is 71.0 Å². The zero-order valence-electron chi connectivity index (χ0n) is 21.3. The first kappa shape index (κ1) is 27.4. The van der Waals surface area contributed by atoms with Gasteiger partial charge in [-0.3, -0.25) is 13.9 Å². The van der Waals surface area contributed by atoms with E-state index in [1.165, 1.54) is 4.90 Å². The van der Waals surface area contributed by atoms with E-state index >= 15 is 0 Å². The lowest BCUT2D eigenvalue weighted by molar-refractivity contribution is -0.139. The van der Waals surface area contributed by atoms with Crippen molar-refractivity contribution in [3.8, 4) is 0 Å². The number of sulfonamides is 1. The van der Waals surface area contributed by atoms with Gasteiger partial charge in [0.25, 0.3) is 0 Å². The van der Waals surface area contributed by atoms with Crippen LogP contribution in [-0.2, 0) is 26.2 Å². The number of rotatable bonds is 10. The molecule has 2 atom stereocenters. The summed E-state index contributed by atoms with van der Waals surface area (Å²) in [4.78, 5) is 28.0. The Morgan fingerprint density at radius 1 is 1.00 bits per heavy atom. The predicted octanol–water partition coefficient (Wildman–Crippen LogP) is 3.71. The second kappa shape index (κ2) is 11.5. The second-order valence-corrected chi connectivity index (χ2v) is 11.0. The Morgan fingerprint density at radius 2 is 1.65 bits per heavy atom. The lowest BCUT2D eigenvalue weighted by Gasteiger charge is -2.32. The van der Waals surface area contributed by atoms with Gasteiger partial charge in [0.2, 0.25) is 21.8 Å². The fourth-order valence-corrected chi connectivity index (χ4v) is 4.64. The fraction of sp³-hybridized carbons (Fsp3) is 0.462. The SMILES string of the molecule is CC[C@H](C)NC(=O)[C@H](C)N(Cc1cccc(C)c1)C(=O)CN(c1ccc(C)cc1C)S(C)(=O)=O. The van der Waals surface area contributed by atoms with Gasteiger partial charge in [-0.25, -0.2) is 8.42 Å². The first-order chi connectivity index (χ1) is 15.8. The number of nitrogens with one attached hydrogen (secondary N) is 1. The molecule has 186 valence electrons. The summed E-state index contributed by atoms with van der Waals surface area (Å²) < 4.78 is 26.5. The molecule has 0 spiro atoms. The quantitative estimate of drug-likeness (QED) is 0.554. The Bertz CT molecular complexity index is 1130. The van der Waals surface area contributed by atoms with Crippen LogP contribution in [-0.4, -0.2) is 50.0 Å². The fourth-order valence-electron chi connectivity index (χ4n) is 3.74. The number of carbonyl (C=O) groups is 2. The number of hydrogen-bond acceptors (Lipinski definition) is 4. The van der Waals surface area contributed by atoms with Gasteiger partial charge >= 0.3 is 0 Å². The lowest BCUT2D eigenvalue weighted by Crippen LogP contribution is -2.52. The molecular weight excluding hydrogens is 450 g/mol. The molecule has 0 saturated carbocycles. The smallest absolute Gasteiger partial charge is 0.244 e. The largest absolute Gasteiger partial charge is 0.352 e. The van der Waals surface area contributed by atoms with Crippen LogP contribution in [0.2, 0.25) is 0 Å². The molecule has 1 N–H and O–H groups in total. The Hall–Kier alpha value is -2.87. The minimum absolute atomic E-state index is 0.0337. The monoisotopic (exact) mass is 487 g/mol. The summed E-state index contributed by atoms with van der Waals surface area (Å²) in [7, 11) is -3.75. The Kier molecular flexibility index (Phi) is 9.27. The lowest BCUT2D eigenvalue weighted by atomic mass is 10.1. The molecule has 2 amide bonds. The molecule has 0 unspecified atom stereocenters.